The summed E-state index contributed by atoms with van der Waals surface area (Å²) in [5, 5.41) is 2.82. The highest BCUT2D eigenvalue weighted by atomic mass is 32.2. The number of ether oxygens (including phenoxy) is 2. The standard InChI is InChI=1S/C25H34FN3O6S/c1-7-17(2)27-25(31)18(3)28(15-19-10-8-9-11-21(19)26)24(30)16-29(36(6,32)33)22-14-20(34-4)12-13-23(22)35-5/h8-14,17-18H,7,15-16H2,1-6H3,(H,27,31). The molecule has 0 aliphatic carbocycles. The molecule has 2 unspecified atom stereocenters. The molecule has 0 aliphatic rings. The van der Waals surface area contributed by atoms with E-state index in [2.05, 4.69) is 5.32 Å². The maximum Gasteiger partial charge on any atom is 0.244 e. The molecule has 2 rings (SSSR count). The topological polar surface area (TPSA) is 105 Å². The maximum atomic E-state index is 14.5. The lowest BCUT2D eigenvalue weighted by atomic mass is 10.1. The van der Waals surface area contributed by atoms with Gasteiger partial charge in [0.05, 0.1) is 26.2 Å². The number of nitrogens with one attached hydrogen (secondary N) is 1. The van der Waals surface area contributed by atoms with E-state index in [1.807, 2.05) is 13.8 Å². The van der Waals surface area contributed by atoms with E-state index in [1.54, 1.807) is 12.1 Å². The van der Waals surface area contributed by atoms with Crippen LogP contribution in [-0.2, 0) is 26.2 Å². The first kappa shape index (κ1) is 28.9. The Bertz CT molecular complexity index is 1170. The van der Waals surface area contributed by atoms with Crippen molar-refractivity contribution in [1.29, 1.82) is 0 Å². The first-order valence-electron chi connectivity index (χ1n) is 11.5. The van der Waals surface area contributed by atoms with E-state index in [9.17, 15) is 22.4 Å². The Kier molecular flexibility index (Phi) is 10.1. The second-order valence-corrected chi connectivity index (χ2v) is 10.3. The summed E-state index contributed by atoms with van der Waals surface area (Å²) < 4.78 is 51.4. The van der Waals surface area contributed by atoms with Crippen LogP contribution in [0.4, 0.5) is 10.1 Å². The summed E-state index contributed by atoms with van der Waals surface area (Å²) >= 11 is 0. The molecule has 0 spiro atoms. The van der Waals surface area contributed by atoms with Gasteiger partial charge in [0.25, 0.3) is 0 Å². The molecule has 0 fully saturated rings. The smallest absolute Gasteiger partial charge is 0.244 e. The van der Waals surface area contributed by atoms with E-state index in [4.69, 9.17) is 9.47 Å². The summed E-state index contributed by atoms with van der Waals surface area (Å²) in [5.74, 6) is -1.10. The predicted molar refractivity (Wildman–Crippen MR) is 136 cm³/mol. The summed E-state index contributed by atoms with van der Waals surface area (Å²) in [6.45, 7) is 4.38. The number of carbonyl (C=O) groups excluding carboxylic acids is 2. The zero-order valence-corrected chi connectivity index (χ0v) is 22.3. The van der Waals surface area contributed by atoms with Crippen molar-refractivity contribution >= 4 is 27.5 Å². The van der Waals surface area contributed by atoms with Crippen molar-refractivity contribution in [3.05, 3.63) is 53.8 Å². The number of anilines is 1. The highest BCUT2D eigenvalue weighted by Gasteiger charge is 2.32. The number of rotatable bonds is 12. The molecule has 2 aromatic carbocycles. The fourth-order valence-electron chi connectivity index (χ4n) is 3.44. The van der Waals surface area contributed by atoms with Crippen LogP contribution in [-0.4, -0.2) is 64.2 Å². The van der Waals surface area contributed by atoms with Crippen molar-refractivity contribution < 1.29 is 31.9 Å². The third kappa shape index (κ3) is 7.33. The summed E-state index contributed by atoms with van der Waals surface area (Å²) in [4.78, 5) is 27.7. The van der Waals surface area contributed by atoms with Crippen molar-refractivity contribution in [1.82, 2.24) is 10.2 Å². The first-order chi connectivity index (χ1) is 16.9. The van der Waals surface area contributed by atoms with Gasteiger partial charge >= 0.3 is 0 Å². The third-order valence-electron chi connectivity index (χ3n) is 5.80. The minimum absolute atomic E-state index is 0.0928. The van der Waals surface area contributed by atoms with E-state index in [0.717, 1.165) is 10.6 Å². The molecule has 2 amide bonds. The van der Waals surface area contributed by atoms with Crippen LogP contribution in [0.15, 0.2) is 42.5 Å². The maximum absolute atomic E-state index is 14.5. The molecule has 0 aliphatic heterocycles. The minimum Gasteiger partial charge on any atom is -0.497 e. The van der Waals surface area contributed by atoms with Gasteiger partial charge in [-0.25, -0.2) is 12.8 Å². The Morgan fingerprint density at radius 1 is 1.08 bits per heavy atom. The Balaban J connectivity index is 2.49. The third-order valence-corrected chi connectivity index (χ3v) is 6.93. The molecule has 0 saturated heterocycles. The molecule has 0 aromatic heterocycles. The predicted octanol–water partition coefficient (Wildman–Crippen LogP) is 2.94. The van der Waals surface area contributed by atoms with Crippen LogP contribution in [0.25, 0.3) is 0 Å². The number of nitrogens with zero attached hydrogens (tertiary/aromatic N) is 2. The van der Waals surface area contributed by atoms with Gasteiger partial charge in [0, 0.05) is 24.2 Å². The van der Waals surface area contributed by atoms with Crippen LogP contribution >= 0.6 is 0 Å². The number of halogens is 1. The Hall–Kier alpha value is -3.34. The van der Waals surface area contributed by atoms with Gasteiger partial charge in [0.15, 0.2) is 0 Å². The van der Waals surface area contributed by atoms with Crippen LogP contribution < -0.4 is 19.1 Å². The average molecular weight is 524 g/mol. The molecule has 0 heterocycles. The molecule has 2 aromatic rings. The molecule has 2 atom stereocenters. The van der Waals surface area contributed by atoms with Gasteiger partial charge in [-0.15, -0.1) is 0 Å². The highest BCUT2D eigenvalue weighted by molar-refractivity contribution is 7.92. The van der Waals surface area contributed by atoms with E-state index < -0.39 is 40.2 Å². The Morgan fingerprint density at radius 2 is 1.75 bits per heavy atom. The quantitative estimate of drug-likeness (QED) is 0.459. The molecule has 1 N–H and O–H groups in total. The largest absolute Gasteiger partial charge is 0.497 e. The lowest BCUT2D eigenvalue weighted by Crippen LogP contribution is -2.52. The molecule has 36 heavy (non-hydrogen) atoms. The number of benzene rings is 2. The minimum atomic E-state index is -3.98. The highest BCUT2D eigenvalue weighted by Crippen LogP contribution is 2.34. The molecule has 11 heteroatoms. The van der Waals surface area contributed by atoms with Crippen LogP contribution in [0, 0.1) is 5.82 Å². The van der Waals surface area contributed by atoms with E-state index in [-0.39, 0.29) is 29.6 Å². The zero-order valence-electron chi connectivity index (χ0n) is 21.4. The molecule has 198 valence electrons. The molecule has 0 saturated carbocycles. The van der Waals surface area contributed by atoms with Crippen LogP contribution in [0.3, 0.4) is 0 Å². The van der Waals surface area contributed by atoms with Gasteiger partial charge in [-0.2, -0.15) is 0 Å². The van der Waals surface area contributed by atoms with E-state index >= 15 is 0 Å². The number of carbonyl (C=O) groups is 2. The number of amides is 2. The van der Waals surface area contributed by atoms with Crippen LogP contribution in [0.2, 0.25) is 0 Å². The monoisotopic (exact) mass is 523 g/mol. The fraction of sp³-hybridized carbons (Fsp3) is 0.440. The fourth-order valence-corrected chi connectivity index (χ4v) is 4.29. The Labute approximate surface area is 212 Å². The van der Waals surface area contributed by atoms with Gasteiger partial charge in [-0.1, -0.05) is 25.1 Å². The Morgan fingerprint density at radius 3 is 2.31 bits per heavy atom. The molecular formula is C25H34FN3O6S. The van der Waals surface area contributed by atoms with Gasteiger partial charge in [0.2, 0.25) is 21.8 Å². The average Bonchev–Trinajstić information content (AvgIpc) is 2.84. The lowest BCUT2D eigenvalue weighted by Gasteiger charge is -2.32. The van der Waals surface area contributed by atoms with Crippen molar-refractivity contribution in [3.63, 3.8) is 0 Å². The summed E-state index contributed by atoms with van der Waals surface area (Å²) in [7, 11) is -1.18. The SMILES string of the molecule is CCC(C)NC(=O)C(C)N(Cc1ccccc1F)C(=O)CN(c1cc(OC)ccc1OC)S(C)(=O)=O. The normalized spacial score (nSPS) is 12.9. The summed E-state index contributed by atoms with van der Waals surface area (Å²) in [6, 6.07) is 9.32. The van der Waals surface area contributed by atoms with Crippen molar-refractivity contribution in [2.24, 2.45) is 0 Å². The summed E-state index contributed by atoms with van der Waals surface area (Å²) in [5.41, 5.74) is 0.286. The van der Waals surface area contributed by atoms with E-state index in [0.29, 0.717) is 12.2 Å². The number of methoxy groups -OCH3 is 2. The first-order valence-corrected chi connectivity index (χ1v) is 13.3. The number of hydrogen-bond acceptors (Lipinski definition) is 6. The van der Waals surface area contributed by atoms with Gasteiger partial charge in [-0.3, -0.25) is 13.9 Å². The van der Waals surface area contributed by atoms with Crippen molar-refractivity contribution in [2.75, 3.05) is 31.3 Å². The number of hydrogen-bond donors (Lipinski definition) is 1. The van der Waals surface area contributed by atoms with E-state index in [1.165, 1.54) is 56.4 Å². The second-order valence-electron chi connectivity index (χ2n) is 8.41. The van der Waals surface area contributed by atoms with Gasteiger partial charge in [-0.05, 0) is 38.5 Å². The van der Waals surface area contributed by atoms with Crippen LogP contribution in [0.1, 0.15) is 32.8 Å². The summed E-state index contributed by atoms with van der Waals surface area (Å²) in [6.07, 6.45) is 1.64. The number of sulfonamides is 1. The van der Waals surface area contributed by atoms with Gasteiger partial charge < -0.3 is 19.7 Å². The molecule has 0 bridgehead atoms. The van der Waals surface area contributed by atoms with Crippen molar-refractivity contribution in [3.8, 4) is 11.5 Å². The van der Waals surface area contributed by atoms with Gasteiger partial charge in [0.1, 0.15) is 29.9 Å². The molecule has 9 nitrogen and oxygen atoms in total. The molecule has 0 radical (unpaired) electrons. The van der Waals surface area contributed by atoms with Crippen molar-refractivity contribution in [2.45, 2.75) is 45.8 Å². The van der Waals surface area contributed by atoms with Crippen LogP contribution in [0.5, 0.6) is 11.5 Å². The lowest BCUT2D eigenvalue weighted by molar-refractivity contribution is -0.139. The molecular weight excluding hydrogens is 489 g/mol. The second kappa shape index (κ2) is 12.6. The zero-order chi connectivity index (χ0) is 27.0.